The third-order valence-corrected chi connectivity index (χ3v) is 11.8. The molecular formula is C48H52N5O18-. The zero-order chi connectivity index (χ0) is 52.1. The standard InChI is InChI=1S/C48H52N5O18/c1-64-38(54)13-9-24-29(18-43(59)69-6)36-23-34-26(11-15-40(56)66-3)31(20-45(61)71-8)47(51-34)48(53(62)63)46-27(12-16-41(57)67-4)30(19-44(60)70-7)37(52-46)22-33-25(10-14-39(55)65-2)28(17-42(58)68-5)35(50-33)21-32(24)49-36/h21-23H,9-20H2,1-8H3,(H-,49,50,51,52,62,63)/q-1. The summed E-state index contributed by atoms with van der Waals surface area (Å²) in [5.74, 6) is -5.73. The normalized spacial score (nSPS) is 14.9. The van der Waals surface area contributed by atoms with Gasteiger partial charge in [-0.2, -0.15) is 4.90 Å². The van der Waals surface area contributed by atoms with Crippen molar-refractivity contribution in [2.45, 2.75) is 77.0 Å². The second-order valence-corrected chi connectivity index (χ2v) is 15.7. The van der Waals surface area contributed by atoms with Crippen LogP contribution in [0.1, 0.15) is 86.7 Å². The zero-order valence-corrected chi connectivity index (χ0v) is 40.4. The highest BCUT2D eigenvalue weighted by Gasteiger charge is 2.41. The fourth-order valence-electron chi connectivity index (χ4n) is 8.19. The number of H-pyrrole nitrogens is 1. The molecule has 0 amide bonds. The molecule has 1 aromatic rings. The van der Waals surface area contributed by atoms with Crippen LogP contribution in [-0.4, -0.2) is 137 Å². The second kappa shape index (κ2) is 24.4. The highest BCUT2D eigenvalue weighted by Crippen LogP contribution is 2.41. The molecule has 0 radical (unpaired) electrons. The smallest absolute Gasteiger partial charge is 0.310 e. The topological polar surface area (TPSA) is 312 Å². The molecule has 0 spiro atoms. The lowest BCUT2D eigenvalue weighted by Crippen LogP contribution is -2.33. The third-order valence-electron chi connectivity index (χ3n) is 11.8. The predicted molar refractivity (Wildman–Crippen MR) is 250 cm³/mol. The van der Waals surface area contributed by atoms with Crippen molar-refractivity contribution in [3.63, 3.8) is 0 Å². The van der Waals surface area contributed by atoms with Gasteiger partial charge in [-0.05, 0) is 82.9 Å². The lowest BCUT2D eigenvalue weighted by molar-refractivity contribution is -0.374. The third kappa shape index (κ3) is 12.7. The van der Waals surface area contributed by atoms with E-state index in [1.165, 1.54) is 40.6 Å². The van der Waals surface area contributed by atoms with Gasteiger partial charge < -0.3 is 53.3 Å². The van der Waals surface area contributed by atoms with Gasteiger partial charge in [-0.25, -0.2) is 15.0 Å². The van der Waals surface area contributed by atoms with Crippen LogP contribution in [0.15, 0.2) is 71.6 Å². The summed E-state index contributed by atoms with van der Waals surface area (Å²) in [4.78, 5) is 121. The quantitative estimate of drug-likeness (QED) is 0.0843. The number of methoxy groups -OCH3 is 8. The lowest BCUT2D eigenvalue weighted by Gasteiger charge is -2.16. The molecule has 23 nitrogen and oxygen atoms in total. The van der Waals surface area contributed by atoms with Gasteiger partial charge in [0.15, 0.2) is 0 Å². The Morgan fingerprint density at radius 2 is 0.789 bits per heavy atom. The molecule has 378 valence electrons. The number of nitrogens with one attached hydrogen (secondary N) is 1. The van der Waals surface area contributed by atoms with E-state index < -0.39 is 89.8 Å². The molecular weight excluding hydrogens is 935 g/mol. The summed E-state index contributed by atoms with van der Waals surface area (Å²) in [6, 6.07) is 0. The van der Waals surface area contributed by atoms with Crippen LogP contribution >= 0.6 is 0 Å². The maximum atomic E-state index is 13.8. The van der Waals surface area contributed by atoms with Crippen molar-refractivity contribution in [1.82, 2.24) is 4.98 Å². The number of carbonyl (C=O) groups excluding carboxylic acids is 8. The van der Waals surface area contributed by atoms with Crippen LogP contribution in [0.5, 0.6) is 0 Å². The number of aromatic nitrogens is 1. The first-order valence-electron chi connectivity index (χ1n) is 21.9. The number of rotatable bonds is 20. The van der Waals surface area contributed by atoms with Crippen molar-refractivity contribution in [2.75, 3.05) is 56.9 Å². The van der Waals surface area contributed by atoms with E-state index in [2.05, 4.69) is 4.98 Å². The number of hydrogen-bond acceptors (Lipinski definition) is 21. The fraction of sp³-hybridized carbons (Fsp3) is 0.417. The van der Waals surface area contributed by atoms with Crippen molar-refractivity contribution in [3.05, 3.63) is 89.5 Å². The molecule has 0 aromatic carbocycles. The molecule has 1 aromatic heterocycles. The van der Waals surface area contributed by atoms with Crippen molar-refractivity contribution < 1.29 is 81.2 Å². The van der Waals surface area contributed by atoms with Gasteiger partial charge in [0, 0.05) is 42.6 Å². The number of ether oxygens (including phenoxy) is 8. The molecule has 23 heteroatoms. The molecule has 0 atom stereocenters. The van der Waals surface area contributed by atoms with Gasteiger partial charge in [-0.1, -0.05) is 0 Å². The average molecular weight is 987 g/mol. The number of hydrogen-bond donors (Lipinski definition) is 1. The van der Waals surface area contributed by atoms with Crippen LogP contribution in [0.3, 0.4) is 0 Å². The molecule has 8 bridgehead atoms. The van der Waals surface area contributed by atoms with Crippen LogP contribution in [0.2, 0.25) is 0 Å². The summed E-state index contributed by atoms with van der Waals surface area (Å²) >= 11 is 0. The minimum Gasteiger partial charge on any atom is -0.612 e. The number of nitrogens with zero attached hydrogens (tertiary/aromatic N) is 4. The minimum atomic E-state index is -0.854. The average Bonchev–Trinajstić information content (AvgIpc) is 4.06. The maximum Gasteiger partial charge on any atom is 0.310 e. The van der Waals surface area contributed by atoms with Crippen LogP contribution in [0, 0.1) is 10.4 Å². The number of aromatic amines is 1. The number of aliphatic imine (C=N–C) groups is 3. The summed E-state index contributed by atoms with van der Waals surface area (Å²) in [6.45, 7) is 0. The van der Waals surface area contributed by atoms with Crippen molar-refractivity contribution >= 4 is 82.8 Å². The van der Waals surface area contributed by atoms with Crippen molar-refractivity contribution in [2.24, 2.45) is 15.0 Å². The molecule has 5 heterocycles. The molecule has 1 N–H and O–H groups in total. The Morgan fingerprint density at radius 3 is 1.27 bits per heavy atom. The maximum absolute atomic E-state index is 13.8. The molecule has 4 aliphatic rings. The van der Waals surface area contributed by atoms with Crippen molar-refractivity contribution in [3.8, 4) is 0 Å². The Morgan fingerprint density at radius 1 is 0.423 bits per heavy atom. The van der Waals surface area contributed by atoms with E-state index in [1.54, 1.807) is 6.08 Å². The number of carbonyl (C=O) groups is 8. The highest BCUT2D eigenvalue weighted by molar-refractivity contribution is 6.74. The number of esters is 8. The summed E-state index contributed by atoms with van der Waals surface area (Å²) < 4.78 is 40.0. The first-order chi connectivity index (χ1) is 33.9. The summed E-state index contributed by atoms with van der Waals surface area (Å²) in [5.41, 5.74) is 0.334. The molecule has 0 unspecified atom stereocenters. The number of allylic oxidation sites excluding steroid dienone is 6. The Kier molecular flexibility index (Phi) is 18.4. The largest absolute Gasteiger partial charge is 0.612 e. The lowest BCUT2D eigenvalue weighted by atomic mass is 9.89. The molecule has 0 fully saturated rings. The monoisotopic (exact) mass is 986 g/mol. The van der Waals surface area contributed by atoms with E-state index in [0.717, 1.165) is 28.4 Å². The fourth-order valence-corrected chi connectivity index (χ4v) is 8.19. The first-order valence-corrected chi connectivity index (χ1v) is 21.9. The van der Waals surface area contributed by atoms with E-state index in [4.69, 9.17) is 52.9 Å². The van der Waals surface area contributed by atoms with Crippen LogP contribution in [0.4, 0.5) is 0 Å². The molecule has 0 aliphatic carbocycles. The SMILES string of the molecule is COC(=O)CCC1=C(CC(=O)OC)C2=NC1=Cc1[nH]c(c(CCC(=O)OC)c1CC(=O)OC)C=C1N=C(C=C3N=C(C(CCC(=O)OC)=C3CC(=O)OC)C2=[N+]([O-])[O-])C(CCC(=O)OC)=C1CC(=O)OC. The predicted octanol–water partition coefficient (Wildman–Crippen LogP) is 3.67. The van der Waals surface area contributed by atoms with Gasteiger partial charge in [0.1, 0.15) is 11.4 Å². The van der Waals surface area contributed by atoms with Gasteiger partial charge in [0.05, 0.1) is 105 Å². The summed E-state index contributed by atoms with van der Waals surface area (Å²) in [6.07, 6.45) is 0.675. The summed E-state index contributed by atoms with van der Waals surface area (Å²) in [7, 11) is 9.28. The molecule has 5 rings (SSSR count). The van der Waals surface area contributed by atoms with E-state index >= 15 is 0 Å². The second-order valence-electron chi connectivity index (χ2n) is 15.7. The van der Waals surface area contributed by atoms with E-state index in [0.29, 0.717) is 11.1 Å². The molecule has 4 aliphatic heterocycles. The summed E-state index contributed by atoms with van der Waals surface area (Å²) in [5, 5.41) is 27.6. The Balaban J connectivity index is 2.06. The van der Waals surface area contributed by atoms with E-state index in [1.807, 2.05) is 0 Å². The molecule has 0 saturated carbocycles. The first kappa shape index (κ1) is 53.7. The molecule has 71 heavy (non-hydrogen) atoms. The Bertz CT molecular complexity index is 2750. The highest BCUT2D eigenvalue weighted by atomic mass is 16.8. The van der Waals surface area contributed by atoms with Gasteiger partial charge in [-0.15, -0.1) is 0 Å². The van der Waals surface area contributed by atoms with Gasteiger partial charge in [0.25, 0.3) is 5.71 Å². The van der Waals surface area contributed by atoms with Crippen LogP contribution in [0.25, 0.3) is 12.2 Å². The minimum absolute atomic E-state index is 0.0187. The van der Waals surface area contributed by atoms with Crippen LogP contribution in [-0.2, 0) is 89.1 Å². The van der Waals surface area contributed by atoms with Crippen LogP contribution < -0.4 is 0 Å². The zero-order valence-electron chi connectivity index (χ0n) is 40.4. The van der Waals surface area contributed by atoms with E-state index in [-0.39, 0.29) is 125 Å². The number of fused-ring (bicyclic) bond motifs is 5. The van der Waals surface area contributed by atoms with E-state index in [9.17, 15) is 48.8 Å². The van der Waals surface area contributed by atoms with Gasteiger partial charge in [-0.3, -0.25) is 38.4 Å². The molecule has 0 saturated heterocycles. The van der Waals surface area contributed by atoms with Gasteiger partial charge in [0.2, 0.25) is 0 Å². The Labute approximate surface area is 406 Å². The van der Waals surface area contributed by atoms with Crippen molar-refractivity contribution in [1.29, 1.82) is 0 Å². The Hall–Kier alpha value is -8.24. The van der Waals surface area contributed by atoms with Gasteiger partial charge >= 0.3 is 47.8 Å².